The van der Waals surface area contributed by atoms with E-state index in [4.69, 9.17) is 16.3 Å². The Morgan fingerprint density at radius 2 is 2.00 bits per heavy atom. The maximum atomic E-state index is 11.4. The largest absolute Gasteiger partial charge is 0.466 e. The molecule has 0 spiro atoms. The number of benzene rings is 1. The normalized spacial score (nSPS) is 23.6. The average Bonchev–Trinajstić information content (AvgIpc) is 2.19. The highest BCUT2D eigenvalue weighted by molar-refractivity contribution is 6.30. The van der Waals surface area contributed by atoms with Crippen molar-refractivity contribution in [3.8, 4) is 0 Å². The van der Waals surface area contributed by atoms with Crippen LogP contribution < -0.4 is 0 Å². The molecule has 3 heteroatoms. The molecule has 1 aromatic carbocycles. The first-order valence-corrected chi connectivity index (χ1v) is 6.00. The second kappa shape index (κ2) is 4.88. The van der Waals surface area contributed by atoms with Gasteiger partial charge in [-0.15, -0.1) is 0 Å². The third-order valence-electron chi connectivity index (χ3n) is 3.10. The second-order valence-electron chi connectivity index (χ2n) is 4.17. The maximum absolute atomic E-state index is 11.4. The summed E-state index contributed by atoms with van der Waals surface area (Å²) >= 11 is 5.82. The molecule has 0 atom stereocenters. The first-order valence-electron chi connectivity index (χ1n) is 5.62. The van der Waals surface area contributed by atoms with E-state index in [1.54, 1.807) is 0 Å². The van der Waals surface area contributed by atoms with Crippen LogP contribution in [0.25, 0.3) is 0 Å². The molecule has 0 N–H and O–H groups in total. The molecule has 0 unspecified atom stereocenters. The Balaban J connectivity index is 1.88. The number of halogens is 1. The van der Waals surface area contributed by atoms with Crippen LogP contribution in [0.4, 0.5) is 0 Å². The van der Waals surface area contributed by atoms with Crippen LogP contribution in [0.15, 0.2) is 24.3 Å². The number of carbonyl (C=O) groups excluding carboxylic acids is 1. The third-order valence-corrected chi connectivity index (χ3v) is 3.35. The van der Waals surface area contributed by atoms with Crippen LogP contribution >= 0.6 is 11.6 Å². The highest BCUT2D eigenvalue weighted by Gasteiger charge is 2.36. The minimum atomic E-state index is -0.0484. The van der Waals surface area contributed by atoms with Gasteiger partial charge in [0, 0.05) is 5.02 Å². The molecule has 2 rings (SSSR count). The Morgan fingerprint density at radius 1 is 1.38 bits per heavy atom. The Kier molecular flexibility index (Phi) is 3.49. The van der Waals surface area contributed by atoms with Gasteiger partial charge < -0.3 is 4.74 Å². The van der Waals surface area contributed by atoms with Crippen LogP contribution in [0.1, 0.15) is 31.2 Å². The van der Waals surface area contributed by atoms with Gasteiger partial charge in [-0.2, -0.15) is 0 Å². The summed E-state index contributed by atoms with van der Waals surface area (Å²) in [4.78, 5) is 11.4. The molecule has 0 aromatic heterocycles. The highest BCUT2D eigenvalue weighted by atomic mass is 35.5. The lowest BCUT2D eigenvalue weighted by atomic mass is 9.71. The minimum absolute atomic E-state index is 0.0484. The Labute approximate surface area is 101 Å². The van der Waals surface area contributed by atoms with Gasteiger partial charge in [-0.3, -0.25) is 4.79 Å². The van der Waals surface area contributed by atoms with E-state index in [1.807, 2.05) is 31.2 Å². The topological polar surface area (TPSA) is 26.3 Å². The molecule has 0 aliphatic heterocycles. The van der Waals surface area contributed by atoms with E-state index < -0.39 is 0 Å². The van der Waals surface area contributed by atoms with Gasteiger partial charge in [-0.05, 0) is 43.4 Å². The van der Waals surface area contributed by atoms with E-state index in [-0.39, 0.29) is 11.9 Å². The van der Waals surface area contributed by atoms with E-state index >= 15 is 0 Å². The van der Waals surface area contributed by atoms with Crippen molar-refractivity contribution in [1.29, 1.82) is 0 Å². The first kappa shape index (κ1) is 11.5. The van der Waals surface area contributed by atoms with Crippen LogP contribution in [0, 0.1) is 5.92 Å². The molecule has 1 aromatic rings. The van der Waals surface area contributed by atoms with Gasteiger partial charge >= 0.3 is 5.97 Å². The number of ether oxygens (including phenoxy) is 1. The zero-order chi connectivity index (χ0) is 11.5. The van der Waals surface area contributed by atoms with Crippen LogP contribution in [-0.2, 0) is 9.53 Å². The number of rotatable bonds is 3. The summed E-state index contributed by atoms with van der Waals surface area (Å²) in [5.41, 5.74) is 1.27. The number of hydrogen-bond donors (Lipinski definition) is 0. The van der Waals surface area contributed by atoms with Gasteiger partial charge in [0.1, 0.15) is 0 Å². The quantitative estimate of drug-likeness (QED) is 0.755. The van der Waals surface area contributed by atoms with Gasteiger partial charge in [0.25, 0.3) is 0 Å². The van der Waals surface area contributed by atoms with Crippen molar-refractivity contribution in [2.24, 2.45) is 5.92 Å². The molecular weight excluding hydrogens is 224 g/mol. The monoisotopic (exact) mass is 238 g/mol. The summed E-state index contributed by atoms with van der Waals surface area (Å²) in [5.74, 6) is 0.542. The van der Waals surface area contributed by atoms with Gasteiger partial charge in [-0.25, -0.2) is 0 Å². The Morgan fingerprint density at radius 3 is 2.56 bits per heavy atom. The molecule has 0 saturated heterocycles. The summed E-state index contributed by atoms with van der Waals surface area (Å²) in [5, 5.41) is 0.755. The molecule has 1 aliphatic rings. The lowest BCUT2D eigenvalue weighted by Crippen LogP contribution is -2.30. The number of carbonyl (C=O) groups is 1. The van der Waals surface area contributed by atoms with Crippen molar-refractivity contribution in [1.82, 2.24) is 0 Å². The zero-order valence-electron chi connectivity index (χ0n) is 9.28. The van der Waals surface area contributed by atoms with Crippen molar-refractivity contribution >= 4 is 17.6 Å². The SMILES string of the molecule is CCOC(=O)C1CC(c2ccc(Cl)cc2)C1. The molecule has 0 amide bonds. The van der Waals surface area contributed by atoms with Gasteiger partial charge in [0.2, 0.25) is 0 Å². The fourth-order valence-corrected chi connectivity index (χ4v) is 2.20. The molecule has 16 heavy (non-hydrogen) atoms. The molecule has 1 saturated carbocycles. The van der Waals surface area contributed by atoms with E-state index in [9.17, 15) is 4.79 Å². The van der Waals surface area contributed by atoms with Crippen LogP contribution in [0.5, 0.6) is 0 Å². The van der Waals surface area contributed by atoms with Crippen molar-refractivity contribution in [3.05, 3.63) is 34.9 Å². The third kappa shape index (κ3) is 2.38. The average molecular weight is 239 g/mol. The van der Waals surface area contributed by atoms with Crippen LogP contribution in [0.2, 0.25) is 5.02 Å². The summed E-state index contributed by atoms with van der Waals surface area (Å²) in [6.07, 6.45) is 1.81. The van der Waals surface area contributed by atoms with Crippen molar-refractivity contribution in [3.63, 3.8) is 0 Å². The van der Waals surface area contributed by atoms with Gasteiger partial charge in [0.15, 0.2) is 0 Å². The Bertz CT molecular complexity index is 366. The van der Waals surface area contributed by atoms with Crippen molar-refractivity contribution in [2.75, 3.05) is 6.61 Å². The smallest absolute Gasteiger partial charge is 0.308 e. The fraction of sp³-hybridized carbons (Fsp3) is 0.462. The lowest BCUT2D eigenvalue weighted by molar-refractivity contribution is -0.151. The van der Waals surface area contributed by atoms with E-state index in [0.717, 1.165) is 17.9 Å². The second-order valence-corrected chi connectivity index (χ2v) is 4.61. The standard InChI is InChI=1S/C13H15ClO2/c1-2-16-13(15)11-7-10(8-11)9-3-5-12(14)6-4-9/h3-6,10-11H,2,7-8H2,1H3. The van der Waals surface area contributed by atoms with Crippen LogP contribution in [-0.4, -0.2) is 12.6 Å². The first-order chi connectivity index (χ1) is 7.70. The Hall–Kier alpha value is -1.02. The molecule has 86 valence electrons. The van der Waals surface area contributed by atoms with E-state index in [2.05, 4.69) is 0 Å². The predicted molar refractivity (Wildman–Crippen MR) is 63.6 cm³/mol. The van der Waals surface area contributed by atoms with E-state index in [0.29, 0.717) is 12.5 Å². The van der Waals surface area contributed by atoms with Crippen molar-refractivity contribution in [2.45, 2.75) is 25.7 Å². The summed E-state index contributed by atoms with van der Waals surface area (Å²) < 4.78 is 4.99. The molecule has 1 fully saturated rings. The molecular formula is C13H15ClO2. The summed E-state index contributed by atoms with van der Waals surface area (Å²) in [7, 11) is 0. The maximum Gasteiger partial charge on any atom is 0.308 e. The van der Waals surface area contributed by atoms with E-state index in [1.165, 1.54) is 5.56 Å². The lowest BCUT2D eigenvalue weighted by Gasteiger charge is -2.33. The molecule has 0 bridgehead atoms. The van der Waals surface area contributed by atoms with Crippen molar-refractivity contribution < 1.29 is 9.53 Å². The predicted octanol–water partition coefficient (Wildman–Crippen LogP) is 3.40. The minimum Gasteiger partial charge on any atom is -0.466 e. The van der Waals surface area contributed by atoms with Crippen LogP contribution in [0.3, 0.4) is 0 Å². The fourth-order valence-electron chi connectivity index (χ4n) is 2.08. The van der Waals surface area contributed by atoms with Gasteiger partial charge in [0.05, 0.1) is 12.5 Å². The molecule has 0 heterocycles. The molecule has 1 aliphatic carbocycles. The summed E-state index contributed by atoms with van der Waals surface area (Å²) in [6.45, 7) is 2.31. The number of esters is 1. The summed E-state index contributed by atoms with van der Waals surface area (Å²) in [6, 6.07) is 7.87. The zero-order valence-corrected chi connectivity index (χ0v) is 10.0. The van der Waals surface area contributed by atoms with Gasteiger partial charge in [-0.1, -0.05) is 23.7 Å². The number of hydrogen-bond acceptors (Lipinski definition) is 2. The molecule has 0 radical (unpaired) electrons. The highest BCUT2D eigenvalue weighted by Crippen LogP contribution is 2.42. The molecule has 2 nitrogen and oxygen atoms in total.